The zero-order valence-corrected chi connectivity index (χ0v) is 20.5. The molecule has 0 radical (unpaired) electrons. The lowest BCUT2D eigenvalue weighted by Crippen LogP contribution is -2.13. The van der Waals surface area contributed by atoms with Crippen molar-refractivity contribution in [2.24, 2.45) is 5.41 Å². The maximum absolute atomic E-state index is 3.85. The minimum Gasteiger partial charge on any atom is -0.103 e. The highest BCUT2D eigenvalue weighted by Gasteiger charge is 2.34. The van der Waals surface area contributed by atoms with Gasteiger partial charge >= 0.3 is 0 Å². The molecule has 3 rings (SSSR count). The quantitative estimate of drug-likeness (QED) is 0.391. The topological polar surface area (TPSA) is 0 Å². The molecular formula is C32H36. The molecule has 0 fully saturated rings. The summed E-state index contributed by atoms with van der Waals surface area (Å²) in [4.78, 5) is 0. The molecule has 2 aromatic rings. The maximum atomic E-state index is 3.85. The Kier molecular flexibility index (Phi) is 7.36. The summed E-state index contributed by atoms with van der Waals surface area (Å²) in [5.74, 6) is 0. The Morgan fingerprint density at radius 2 is 1.59 bits per heavy atom. The number of benzene rings is 2. The van der Waals surface area contributed by atoms with E-state index in [4.69, 9.17) is 0 Å². The van der Waals surface area contributed by atoms with E-state index >= 15 is 0 Å². The van der Waals surface area contributed by atoms with Crippen molar-refractivity contribution in [3.8, 4) is 11.1 Å². The van der Waals surface area contributed by atoms with E-state index in [9.17, 15) is 0 Å². The van der Waals surface area contributed by atoms with E-state index in [1.807, 2.05) is 6.08 Å². The van der Waals surface area contributed by atoms with Crippen LogP contribution in [0.5, 0.6) is 0 Å². The van der Waals surface area contributed by atoms with Gasteiger partial charge in [0.05, 0.1) is 0 Å². The Morgan fingerprint density at radius 3 is 2.31 bits per heavy atom. The van der Waals surface area contributed by atoms with Crippen molar-refractivity contribution in [2.45, 2.75) is 48.0 Å². The standard InChI is InChI=1S/C32H36/c1-8-10-11-17-30-25(5)27(14-9-2)31(32(30,6)7)21-20-26-15-12-13-16-28(26)29-22-23(3)18-19-24(29)4/h8-9,11-22H,1,10H2,2-7H3/b14-9+,17-11?,21-20-. The minimum atomic E-state index is -0.0543. The van der Waals surface area contributed by atoms with E-state index in [0.717, 1.165) is 6.42 Å². The fraction of sp³-hybridized carbons (Fsp3) is 0.250. The second-order valence-electron chi connectivity index (χ2n) is 9.16. The van der Waals surface area contributed by atoms with Crippen LogP contribution in [0.15, 0.2) is 108 Å². The molecule has 0 heteroatoms. The number of rotatable bonds is 7. The molecule has 0 bridgehead atoms. The van der Waals surface area contributed by atoms with Gasteiger partial charge in [-0.1, -0.05) is 104 Å². The first-order valence-corrected chi connectivity index (χ1v) is 11.5. The summed E-state index contributed by atoms with van der Waals surface area (Å²) in [6.45, 7) is 17.2. The van der Waals surface area contributed by atoms with Crippen molar-refractivity contribution in [1.29, 1.82) is 0 Å². The Labute approximate surface area is 195 Å². The lowest BCUT2D eigenvalue weighted by molar-refractivity contribution is 0.575. The third kappa shape index (κ3) is 4.70. The average molecular weight is 421 g/mol. The van der Waals surface area contributed by atoms with E-state index in [2.05, 4.69) is 127 Å². The highest BCUT2D eigenvalue weighted by atomic mass is 14.4. The smallest absolute Gasteiger partial charge is 0.0155 e. The lowest BCUT2D eigenvalue weighted by Gasteiger charge is -2.24. The zero-order chi connectivity index (χ0) is 23.3. The Hall–Kier alpha value is -3.12. The number of hydrogen-bond acceptors (Lipinski definition) is 0. The van der Waals surface area contributed by atoms with Gasteiger partial charge in [0.25, 0.3) is 0 Å². The molecule has 1 aliphatic rings. The van der Waals surface area contributed by atoms with Gasteiger partial charge in [-0.3, -0.25) is 0 Å². The van der Waals surface area contributed by atoms with E-state index in [1.54, 1.807) is 0 Å². The summed E-state index contributed by atoms with van der Waals surface area (Å²) in [5.41, 5.74) is 11.8. The SMILES string of the molecule is C=CCC=CC1=C(C)C(/C=C/C)=C(/C=C\c2ccccc2-c2cc(C)ccc2C)C1(C)C. The minimum absolute atomic E-state index is 0.0543. The average Bonchev–Trinajstić information content (AvgIpc) is 2.94. The van der Waals surface area contributed by atoms with Crippen molar-refractivity contribution in [1.82, 2.24) is 0 Å². The third-order valence-corrected chi connectivity index (χ3v) is 6.44. The summed E-state index contributed by atoms with van der Waals surface area (Å²) in [6.07, 6.45) is 16.3. The van der Waals surface area contributed by atoms with Crippen LogP contribution in [0.1, 0.15) is 50.8 Å². The molecule has 0 saturated heterocycles. The predicted molar refractivity (Wildman–Crippen MR) is 143 cm³/mol. The van der Waals surface area contributed by atoms with Gasteiger partial charge in [-0.15, -0.1) is 6.58 Å². The molecule has 0 aromatic heterocycles. The Morgan fingerprint density at radius 1 is 0.844 bits per heavy atom. The van der Waals surface area contributed by atoms with Gasteiger partial charge < -0.3 is 0 Å². The lowest BCUT2D eigenvalue weighted by atomic mass is 9.79. The van der Waals surface area contributed by atoms with Gasteiger partial charge in [0.15, 0.2) is 0 Å². The van der Waals surface area contributed by atoms with Crippen molar-refractivity contribution < 1.29 is 0 Å². The third-order valence-electron chi connectivity index (χ3n) is 6.44. The van der Waals surface area contributed by atoms with Gasteiger partial charge in [0.1, 0.15) is 0 Å². The number of hydrogen-bond donors (Lipinski definition) is 0. The Balaban J connectivity index is 2.08. The maximum Gasteiger partial charge on any atom is 0.0155 e. The second-order valence-corrected chi connectivity index (χ2v) is 9.16. The van der Waals surface area contributed by atoms with Crippen molar-refractivity contribution in [2.75, 3.05) is 0 Å². The second kappa shape index (κ2) is 10.0. The molecular weight excluding hydrogens is 384 g/mol. The fourth-order valence-electron chi connectivity index (χ4n) is 4.68. The molecule has 0 N–H and O–H groups in total. The molecule has 2 aromatic carbocycles. The highest BCUT2D eigenvalue weighted by Crippen LogP contribution is 2.48. The van der Waals surface area contributed by atoms with Gasteiger partial charge in [0.2, 0.25) is 0 Å². The van der Waals surface area contributed by atoms with Crippen molar-refractivity contribution in [3.05, 3.63) is 124 Å². The molecule has 0 nitrogen and oxygen atoms in total. The molecule has 0 spiro atoms. The first-order valence-electron chi connectivity index (χ1n) is 11.5. The monoisotopic (exact) mass is 420 g/mol. The molecule has 0 heterocycles. The molecule has 0 atom stereocenters. The van der Waals surface area contributed by atoms with E-state index < -0.39 is 0 Å². The summed E-state index contributed by atoms with van der Waals surface area (Å²) in [7, 11) is 0. The van der Waals surface area contributed by atoms with Crippen molar-refractivity contribution >= 4 is 6.08 Å². The van der Waals surface area contributed by atoms with E-state index in [-0.39, 0.29) is 5.41 Å². The molecule has 164 valence electrons. The summed E-state index contributed by atoms with van der Waals surface area (Å²) < 4.78 is 0. The number of allylic oxidation sites excluding steroid dienone is 10. The molecule has 0 aliphatic heterocycles. The molecule has 32 heavy (non-hydrogen) atoms. The molecule has 0 saturated carbocycles. The largest absolute Gasteiger partial charge is 0.103 e. The zero-order valence-electron chi connectivity index (χ0n) is 20.5. The van der Waals surface area contributed by atoms with E-state index in [1.165, 1.54) is 50.1 Å². The van der Waals surface area contributed by atoms with Crippen molar-refractivity contribution in [3.63, 3.8) is 0 Å². The predicted octanol–water partition coefficient (Wildman–Crippen LogP) is 9.34. The van der Waals surface area contributed by atoms with Gasteiger partial charge in [0, 0.05) is 5.41 Å². The van der Waals surface area contributed by atoms with Gasteiger partial charge in [-0.05, 0) is 78.7 Å². The van der Waals surface area contributed by atoms with Gasteiger partial charge in [-0.25, -0.2) is 0 Å². The first-order chi connectivity index (χ1) is 15.3. The summed E-state index contributed by atoms with van der Waals surface area (Å²) in [6, 6.07) is 15.4. The normalized spacial score (nSPS) is 16.3. The molecule has 1 aliphatic carbocycles. The summed E-state index contributed by atoms with van der Waals surface area (Å²) >= 11 is 0. The highest BCUT2D eigenvalue weighted by molar-refractivity contribution is 5.79. The van der Waals surface area contributed by atoms with Crippen LogP contribution in [0.2, 0.25) is 0 Å². The van der Waals surface area contributed by atoms with Crippen LogP contribution in [-0.2, 0) is 0 Å². The van der Waals surface area contributed by atoms with E-state index in [0.29, 0.717) is 0 Å². The van der Waals surface area contributed by atoms with Crippen LogP contribution in [-0.4, -0.2) is 0 Å². The number of aryl methyl sites for hydroxylation is 2. The van der Waals surface area contributed by atoms with Crippen LogP contribution in [0, 0.1) is 19.3 Å². The van der Waals surface area contributed by atoms with Gasteiger partial charge in [-0.2, -0.15) is 0 Å². The van der Waals surface area contributed by atoms with Crippen LogP contribution >= 0.6 is 0 Å². The summed E-state index contributed by atoms with van der Waals surface area (Å²) in [5, 5.41) is 0. The fourth-order valence-corrected chi connectivity index (χ4v) is 4.68. The molecule has 0 amide bonds. The van der Waals surface area contributed by atoms with Crippen LogP contribution < -0.4 is 0 Å². The van der Waals surface area contributed by atoms with Crippen LogP contribution in [0.4, 0.5) is 0 Å². The first kappa shape index (κ1) is 23.5. The van der Waals surface area contributed by atoms with Crippen LogP contribution in [0.3, 0.4) is 0 Å². The Bertz CT molecular complexity index is 1160. The molecule has 0 unspecified atom stereocenters. The van der Waals surface area contributed by atoms with Crippen LogP contribution in [0.25, 0.3) is 17.2 Å².